The van der Waals surface area contributed by atoms with Gasteiger partial charge in [0.05, 0.1) is 5.25 Å². The van der Waals surface area contributed by atoms with Crippen LogP contribution in [0.2, 0.25) is 0 Å². The minimum absolute atomic E-state index is 0.500. The summed E-state index contributed by atoms with van der Waals surface area (Å²) in [6.07, 6.45) is 8.21. The van der Waals surface area contributed by atoms with Crippen molar-refractivity contribution in [2.24, 2.45) is 0 Å². The number of likely N-dealkylation sites (tertiary alicyclic amines) is 1. The first-order valence-electron chi connectivity index (χ1n) is 10.1. The van der Waals surface area contributed by atoms with Crippen molar-refractivity contribution in [3.63, 3.8) is 0 Å². The first-order valence-corrected chi connectivity index (χ1v) is 11.7. The lowest BCUT2D eigenvalue weighted by Gasteiger charge is -2.19. The van der Waals surface area contributed by atoms with Gasteiger partial charge in [-0.1, -0.05) is 6.07 Å². The Morgan fingerprint density at radius 1 is 1.00 bits per heavy atom. The van der Waals surface area contributed by atoms with Gasteiger partial charge in [-0.15, -0.1) is 0 Å². The number of urea groups is 1. The number of aryl methyl sites for hydroxylation is 2. The fraction of sp³-hybridized carbons (Fsp3) is 0.650. The monoisotopic (exact) mass is 391 g/mol. The van der Waals surface area contributed by atoms with Crippen LogP contribution in [0.15, 0.2) is 6.07 Å². The molecule has 1 heterocycles. The average Bonchev–Trinajstić information content (AvgIpc) is 3.20. The van der Waals surface area contributed by atoms with Gasteiger partial charge >= 0.3 is 6.03 Å². The van der Waals surface area contributed by atoms with Gasteiger partial charge in [-0.25, -0.2) is 17.9 Å². The lowest BCUT2D eigenvalue weighted by Crippen LogP contribution is -2.41. The Hall–Kier alpha value is -1.60. The third-order valence-corrected chi connectivity index (χ3v) is 8.10. The molecule has 1 unspecified atom stereocenters. The predicted octanol–water partition coefficient (Wildman–Crippen LogP) is 2.60. The number of hydrogen-bond donors (Lipinski definition) is 2. The van der Waals surface area contributed by atoms with Gasteiger partial charge < -0.3 is 10.2 Å². The van der Waals surface area contributed by atoms with Crippen molar-refractivity contribution in [1.82, 2.24) is 9.62 Å². The topological polar surface area (TPSA) is 78.5 Å². The number of rotatable bonds is 3. The highest BCUT2D eigenvalue weighted by Gasteiger charge is 2.30. The number of anilines is 1. The highest BCUT2D eigenvalue weighted by Crippen LogP contribution is 2.38. The van der Waals surface area contributed by atoms with E-state index in [0.29, 0.717) is 12.8 Å². The maximum Gasteiger partial charge on any atom is 0.332 e. The molecule has 1 aromatic rings. The number of fused-ring (bicyclic) bond motifs is 2. The number of sulfonamides is 1. The number of hydrogen-bond acceptors (Lipinski definition) is 4. The second-order valence-corrected chi connectivity index (χ2v) is 10.2. The summed E-state index contributed by atoms with van der Waals surface area (Å²) in [6, 6.07) is 1.69. The van der Waals surface area contributed by atoms with E-state index >= 15 is 0 Å². The molecule has 148 valence electrons. The maximum atomic E-state index is 12.7. The van der Waals surface area contributed by atoms with Crippen LogP contribution in [0.5, 0.6) is 0 Å². The molecule has 2 amide bonds. The molecule has 1 aliphatic heterocycles. The van der Waals surface area contributed by atoms with Gasteiger partial charge in [0, 0.05) is 5.69 Å². The number of amides is 2. The molecule has 4 rings (SSSR count). The Morgan fingerprint density at radius 3 is 2.33 bits per heavy atom. The summed E-state index contributed by atoms with van der Waals surface area (Å²) >= 11 is 0. The van der Waals surface area contributed by atoms with Crippen molar-refractivity contribution in [2.45, 2.75) is 63.0 Å². The maximum absolute atomic E-state index is 12.7. The van der Waals surface area contributed by atoms with Gasteiger partial charge in [0.2, 0.25) is 10.0 Å². The highest BCUT2D eigenvalue weighted by atomic mass is 32.2. The second kappa shape index (κ2) is 7.43. The van der Waals surface area contributed by atoms with E-state index in [4.69, 9.17) is 0 Å². The molecule has 0 spiro atoms. The van der Waals surface area contributed by atoms with Crippen molar-refractivity contribution in [3.05, 3.63) is 28.3 Å². The predicted molar refractivity (Wildman–Crippen MR) is 107 cm³/mol. The Kier molecular flexibility index (Phi) is 5.16. The van der Waals surface area contributed by atoms with Crippen LogP contribution in [-0.2, 0) is 35.7 Å². The van der Waals surface area contributed by atoms with Gasteiger partial charge in [0.25, 0.3) is 0 Å². The summed E-state index contributed by atoms with van der Waals surface area (Å²) in [5.41, 5.74) is 5.94. The van der Waals surface area contributed by atoms with Gasteiger partial charge in [-0.2, -0.15) is 0 Å². The van der Waals surface area contributed by atoms with E-state index in [1.165, 1.54) is 22.3 Å². The summed E-state index contributed by atoms with van der Waals surface area (Å²) in [7, 11) is -1.66. The molecular weight excluding hydrogens is 362 g/mol. The molecule has 0 radical (unpaired) electrons. The number of carbonyl (C=O) groups is 1. The Bertz CT molecular complexity index is 818. The number of benzene rings is 1. The summed E-state index contributed by atoms with van der Waals surface area (Å²) in [6.45, 7) is 1.65. The lowest BCUT2D eigenvalue weighted by molar-refractivity contribution is 0.256. The van der Waals surface area contributed by atoms with Crippen molar-refractivity contribution >= 4 is 21.7 Å². The van der Waals surface area contributed by atoms with Gasteiger partial charge in [-0.05, 0) is 100 Å². The summed E-state index contributed by atoms with van der Waals surface area (Å²) in [5.74, 6) is 0. The molecule has 27 heavy (non-hydrogen) atoms. The van der Waals surface area contributed by atoms with E-state index in [-0.39, 0.29) is 0 Å². The van der Waals surface area contributed by atoms with E-state index in [9.17, 15) is 13.2 Å². The summed E-state index contributed by atoms with van der Waals surface area (Å²) in [5, 5.41) is 2.42. The molecule has 1 saturated heterocycles. The SMILES string of the molecule is CN1CCCC(S(=O)(=O)NC(=O)Nc2c3c(cc4c2CCC4)CCC3)CC1. The van der Waals surface area contributed by atoms with Crippen LogP contribution in [-0.4, -0.2) is 44.7 Å². The molecule has 0 bridgehead atoms. The van der Waals surface area contributed by atoms with Gasteiger partial charge in [-0.3, -0.25) is 0 Å². The van der Waals surface area contributed by atoms with E-state index in [2.05, 4.69) is 21.0 Å². The van der Waals surface area contributed by atoms with E-state index in [1.54, 1.807) is 0 Å². The molecule has 0 aromatic heterocycles. The average molecular weight is 392 g/mol. The Morgan fingerprint density at radius 2 is 1.67 bits per heavy atom. The third-order valence-electron chi connectivity index (χ3n) is 6.28. The smallest absolute Gasteiger partial charge is 0.307 e. The zero-order valence-corrected chi connectivity index (χ0v) is 16.8. The molecule has 1 fully saturated rings. The van der Waals surface area contributed by atoms with Crippen molar-refractivity contribution in [3.8, 4) is 0 Å². The minimum Gasteiger partial charge on any atom is -0.307 e. The van der Waals surface area contributed by atoms with Crippen LogP contribution in [0.1, 0.15) is 54.4 Å². The van der Waals surface area contributed by atoms with Crippen LogP contribution >= 0.6 is 0 Å². The molecule has 7 heteroatoms. The molecule has 1 atom stereocenters. The molecule has 1 aromatic carbocycles. The Balaban J connectivity index is 1.50. The molecule has 0 saturated carbocycles. The molecule has 2 aliphatic carbocycles. The number of nitrogens with zero attached hydrogens (tertiary/aromatic N) is 1. The van der Waals surface area contributed by atoms with Crippen LogP contribution in [0.3, 0.4) is 0 Å². The second-order valence-electron chi connectivity index (χ2n) is 8.19. The number of carbonyl (C=O) groups excluding carboxylic acids is 1. The first-order chi connectivity index (χ1) is 12.9. The van der Waals surface area contributed by atoms with Crippen molar-refractivity contribution < 1.29 is 13.2 Å². The summed E-state index contributed by atoms with van der Waals surface area (Å²) in [4.78, 5) is 14.8. The van der Waals surface area contributed by atoms with Crippen molar-refractivity contribution in [2.75, 3.05) is 25.5 Å². The molecule has 3 aliphatic rings. The van der Waals surface area contributed by atoms with E-state index in [0.717, 1.165) is 63.7 Å². The van der Waals surface area contributed by atoms with Crippen LogP contribution in [0.25, 0.3) is 0 Å². The lowest BCUT2D eigenvalue weighted by atomic mass is 9.99. The van der Waals surface area contributed by atoms with Crippen LogP contribution in [0.4, 0.5) is 10.5 Å². The zero-order valence-electron chi connectivity index (χ0n) is 16.0. The summed E-state index contributed by atoms with van der Waals surface area (Å²) < 4.78 is 27.7. The highest BCUT2D eigenvalue weighted by molar-refractivity contribution is 7.90. The minimum atomic E-state index is -3.67. The van der Waals surface area contributed by atoms with E-state index in [1.807, 2.05) is 7.05 Å². The molecule has 2 N–H and O–H groups in total. The standard InChI is InChI=1S/C20H29N3O3S/c1-23-11-4-7-16(10-12-23)27(25,26)22-20(24)21-19-17-8-2-5-14(17)13-15-6-3-9-18(15)19/h13,16H,2-12H2,1H3,(H2,21,22,24). The van der Waals surface area contributed by atoms with Crippen LogP contribution in [0, 0.1) is 0 Å². The zero-order chi connectivity index (χ0) is 19.0. The first kappa shape index (κ1) is 18.7. The van der Waals surface area contributed by atoms with E-state index < -0.39 is 21.3 Å². The number of nitrogens with one attached hydrogen (secondary N) is 2. The third kappa shape index (κ3) is 3.85. The quantitative estimate of drug-likeness (QED) is 0.830. The van der Waals surface area contributed by atoms with Gasteiger partial charge in [0.1, 0.15) is 0 Å². The fourth-order valence-electron chi connectivity index (χ4n) is 4.84. The molecule has 6 nitrogen and oxygen atoms in total. The molecular formula is C20H29N3O3S. The fourth-order valence-corrected chi connectivity index (χ4v) is 6.21. The van der Waals surface area contributed by atoms with Crippen LogP contribution < -0.4 is 10.0 Å². The van der Waals surface area contributed by atoms with Crippen molar-refractivity contribution in [1.29, 1.82) is 0 Å². The van der Waals surface area contributed by atoms with Gasteiger partial charge in [0.15, 0.2) is 0 Å². The Labute approximate surface area is 161 Å². The largest absolute Gasteiger partial charge is 0.332 e. The normalized spacial score (nSPS) is 22.8.